The van der Waals surface area contributed by atoms with Crippen molar-refractivity contribution in [2.45, 2.75) is 6.61 Å². The Balaban J connectivity index is 1.78. The van der Waals surface area contributed by atoms with Gasteiger partial charge in [-0.15, -0.1) is 0 Å². The maximum Gasteiger partial charge on any atom is 0.273 e. The van der Waals surface area contributed by atoms with E-state index in [2.05, 4.69) is 15.6 Å². The summed E-state index contributed by atoms with van der Waals surface area (Å²) in [5, 5.41) is 11.0. The molecule has 3 rings (SSSR count). The van der Waals surface area contributed by atoms with Crippen molar-refractivity contribution in [2.24, 2.45) is 5.16 Å². The highest BCUT2D eigenvalue weighted by Gasteiger charge is 2.18. The summed E-state index contributed by atoms with van der Waals surface area (Å²) >= 11 is 5.90. The molecule has 0 atom stereocenters. The lowest BCUT2D eigenvalue weighted by atomic mass is 10.0. The van der Waals surface area contributed by atoms with E-state index in [9.17, 15) is 4.79 Å². The van der Waals surface area contributed by atoms with Gasteiger partial charge in [0.2, 0.25) is 0 Å². The number of hydrogen-bond acceptors (Lipinski definition) is 6. The zero-order valence-electron chi connectivity index (χ0n) is 15.3. The van der Waals surface area contributed by atoms with Crippen molar-refractivity contribution in [2.75, 3.05) is 14.2 Å². The quantitative estimate of drug-likeness (QED) is 0.484. The average molecular weight is 400 g/mol. The first-order chi connectivity index (χ1) is 13.6. The van der Waals surface area contributed by atoms with E-state index in [4.69, 9.17) is 25.7 Å². The standard InChI is InChI=1S/C20H18ClN3O4/c1-22-20(25)19(24-26-2)16-6-4-3-5-14(16)12-27-18-11-17(28-23-18)13-7-9-15(21)10-8-13/h3-11H,12H2,1-2H3,(H,22,25). The third-order valence-corrected chi connectivity index (χ3v) is 4.14. The lowest BCUT2D eigenvalue weighted by Crippen LogP contribution is -2.29. The first kappa shape index (κ1) is 19.4. The molecule has 1 heterocycles. The third-order valence-electron chi connectivity index (χ3n) is 3.89. The number of hydrogen-bond donors (Lipinski definition) is 1. The van der Waals surface area contributed by atoms with Crippen molar-refractivity contribution in [3.05, 3.63) is 70.7 Å². The van der Waals surface area contributed by atoms with Gasteiger partial charge in [-0.05, 0) is 35.0 Å². The monoisotopic (exact) mass is 399 g/mol. The van der Waals surface area contributed by atoms with E-state index in [0.29, 0.717) is 22.2 Å². The number of rotatable bonds is 7. The minimum absolute atomic E-state index is 0.159. The molecule has 1 N–H and O–H groups in total. The fraction of sp³-hybridized carbons (Fsp3) is 0.150. The maximum absolute atomic E-state index is 12.1. The van der Waals surface area contributed by atoms with Gasteiger partial charge in [-0.1, -0.05) is 41.0 Å². The number of amides is 1. The van der Waals surface area contributed by atoms with Gasteiger partial charge in [-0.3, -0.25) is 4.79 Å². The van der Waals surface area contributed by atoms with Gasteiger partial charge < -0.3 is 19.4 Å². The predicted molar refractivity (Wildman–Crippen MR) is 105 cm³/mol. The molecule has 0 unspecified atom stereocenters. The van der Waals surface area contributed by atoms with Crippen molar-refractivity contribution in [1.82, 2.24) is 10.5 Å². The lowest BCUT2D eigenvalue weighted by Gasteiger charge is -2.10. The summed E-state index contributed by atoms with van der Waals surface area (Å²) < 4.78 is 11.1. The van der Waals surface area contributed by atoms with Gasteiger partial charge in [0, 0.05) is 29.3 Å². The Hall–Kier alpha value is -3.32. The fourth-order valence-electron chi connectivity index (χ4n) is 2.53. The first-order valence-corrected chi connectivity index (χ1v) is 8.77. The Morgan fingerprint density at radius 2 is 1.96 bits per heavy atom. The molecule has 0 aliphatic rings. The Bertz CT molecular complexity index is 983. The number of oxime groups is 1. The molecule has 1 amide bonds. The van der Waals surface area contributed by atoms with Crippen LogP contribution in [-0.4, -0.2) is 30.9 Å². The number of likely N-dealkylation sites (N-methyl/N-ethyl adjacent to an activating group) is 1. The van der Waals surface area contributed by atoms with Crippen molar-refractivity contribution >= 4 is 23.2 Å². The molecule has 7 nitrogen and oxygen atoms in total. The fourth-order valence-corrected chi connectivity index (χ4v) is 2.65. The SMILES string of the molecule is CNC(=O)C(=NOC)c1ccccc1COc1cc(-c2ccc(Cl)cc2)on1. The molecule has 0 aliphatic carbocycles. The molecule has 0 saturated carbocycles. The molecular formula is C20H18ClN3O4. The van der Waals surface area contributed by atoms with Crippen LogP contribution in [0.4, 0.5) is 0 Å². The van der Waals surface area contributed by atoms with Crippen LogP contribution in [0.15, 0.2) is 64.3 Å². The van der Waals surface area contributed by atoms with Gasteiger partial charge in [0.05, 0.1) is 0 Å². The van der Waals surface area contributed by atoms with Crippen LogP contribution in [0.2, 0.25) is 5.02 Å². The molecule has 8 heteroatoms. The summed E-state index contributed by atoms with van der Waals surface area (Å²) in [4.78, 5) is 16.9. The molecule has 0 saturated heterocycles. The topological polar surface area (TPSA) is 86.0 Å². The second kappa shape index (κ2) is 9.05. The van der Waals surface area contributed by atoms with E-state index in [-0.39, 0.29) is 18.2 Å². The van der Waals surface area contributed by atoms with Crippen molar-refractivity contribution in [3.63, 3.8) is 0 Å². The van der Waals surface area contributed by atoms with Crippen LogP contribution in [0.1, 0.15) is 11.1 Å². The number of nitrogens with zero attached hydrogens (tertiary/aromatic N) is 2. The zero-order chi connectivity index (χ0) is 19.9. The smallest absolute Gasteiger partial charge is 0.273 e. The summed E-state index contributed by atoms with van der Waals surface area (Å²) in [5.74, 6) is 0.526. The van der Waals surface area contributed by atoms with Crippen LogP contribution in [0.5, 0.6) is 5.88 Å². The average Bonchev–Trinajstić information content (AvgIpc) is 3.20. The summed E-state index contributed by atoms with van der Waals surface area (Å²) in [6.07, 6.45) is 0. The number of ether oxygens (including phenoxy) is 1. The minimum Gasteiger partial charge on any atom is -0.471 e. The molecule has 144 valence electrons. The molecule has 0 spiro atoms. The van der Waals surface area contributed by atoms with Gasteiger partial charge in [-0.25, -0.2) is 0 Å². The highest BCUT2D eigenvalue weighted by atomic mass is 35.5. The Morgan fingerprint density at radius 3 is 2.68 bits per heavy atom. The van der Waals surface area contributed by atoms with Gasteiger partial charge in [0.1, 0.15) is 13.7 Å². The number of benzene rings is 2. The van der Waals surface area contributed by atoms with E-state index >= 15 is 0 Å². The lowest BCUT2D eigenvalue weighted by molar-refractivity contribution is -0.114. The van der Waals surface area contributed by atoms with Gasteiger partial charge >= 0.3 is 0 Å². The van der Waals surface area contributed by atoms with Crippen LogP contribution < -0.4 is 10.1 Å². The van der Waals surface area contributed by atoms with Crippen LogP contribution in [0.25, 0.3) is 11.3 Å². The van der Waals surface area contributed by atoms with Crippen LogP contribution in [-0.2, 0) is 16.2 Å². The van der Waals surface area contributed by atoms with E-state index in [1.807, 2.05) is 30.3 Å². The number of aromatic nitrogens is 1. The second-order valence-electron chi connectivity index (χ2n) is 5.68. The van der Waals surface area contributed by atoms with Crippen LogP contribution >= 0.6 is 11.6 Å². The summed E-state index contributed by atoms with van der Waals surface area (Å²) in [7, 11) is 2.91. The third kappa shape index (κ3) is 4.50. The van der Waals surface area contributed by atoms with Crippen LogP contribution in [0.3, 0.4) is 0 Å². The van der Waals surface area contributed by atoms with Gasteiger partial charge in [0.15, 0.2) is 11.5 Å². The molecule has 0 aliphatic heterocycles. The van der Waals surface area contributed by atoms with Crippen molar-refractivity contribution < 1.29 is 18.9 Å². The van der Waals surface area contributed by atoms with E-state index in [1.54, 1.807) is 24.3 Å². The zero-order valence-corrected chi connectivity index (χ0v) is 16.1. The Morgan fingerprint density at radius 1 is 1.21 bits per heavy atom. The largest absolute Gasteiger partial charge is 0.471 e. The Kier molecular flexibility index (Phi) is 6.29. The summed E-state index contributed by atoms with van der Waals surface area (Å²) in [6.45, 7) is 0.169. The molecule has 1 aromatic heterocycles. The molecule has 2 aromatic carbocycles. The molecule has 28 heavy (non-hydrogen) atoms. The molecular weight excluding hydrogens is 382 g/mol. The summed E-state index contributed by atoms with van der Waals surface area (Å²) in [6, 6.07) is 16.2. The van der Waals surface area contributed by atoms with E-state index in [0.717, 1.165) is 11.1 Å². The van der Waals surface area contributed by atoms with Crippen molar-refractivity contribution in [1.29, 1.82) is 0 Å². The predicted octanol–water partition coefficient (Wildman–Crippen LogP) is 3.67. The maximum atomic E-state index is 12.1. The van der Waals surface area contributed by atoms with Crippen LogP contribution in [0, 0.1) is 0 Å². The number of carbonyl (C=O) groups excluding carboxylic acids is 1. The van der Waals surface area contributed by atoms with E-state index < -0.39 is 0 Å². The van der Waals surface area contributed by atoms with Gasteiger partial charge in [-0.2, -0.15) is 0 Å². The first-order valence-electron chi connectivity index (χ1n) is 8.39. The normalized spacial score (nSPS) is 11.2. The van der Waals surface area contributed by atoms with Crippen molar-refractivity contribution in [3.8, 4) is 17.2 Å². The number of carbonyl (C=O) groups is 1. The highest BCUT2D eigenvalue weighted by molar-refractivity contribution is 6.45. The molecule has 0 bridgehead atoms. The van der Waals surface area contributed by atoms with Gasteiger partial charge in [0.25, 0.3) is 11.8 Å². The van der Waals surface area contributed by atoms with E-state index in [1.165, 1.54) is 14.2 Å². The number of nitrogens with one attached hydrogen (secondary N) is 1. The Labute approximate surface area is 166 Å². The highest BCUT2D eigenvalue weighted by Crippen LogP contribution is 2.25. The molecule has 0 fully saturated rings. The minimum atomic E-state index is -0.360. The second-order valence-corrected chi connectivity index (χ2v) is 6.12. The summed E-state index contributed by atoms with van der Waals surface area (Å²) in [5.41, 5.74) is 2.34. The molecule has 0 radical (unpaired) electrons. The molecule has 3 aromatic rings. The number of halogens is 1.